The number of carbonyl (C=O) groups excluding carboxylic acids is 2. The van der Waals surface area contributed by atoms with Crippen molar-refractivity contribution < 1.29 is 9.59 Å². The van der Waals surface area contributed by atoms with Crippen LogP contribution in [0.4, 0.5) is 0 Å². The molecule has 1 aromatic carbocycles. The number of hydrogen-bond acceptors (Lipinski definition) is 2. The van der Waals surface area contributed by atoms with E-state index < -0.39 is 0 Å². The summed E-state index contributed by atoms with van der Waals surface area (Å²) < 4.78 is 0. The molecular weight excluding hydrogens is 190 g/mol. The summed E-state index contributed by atoms with van der Waals surface area (Å²) in [6.07, 6.45) is 3.25. The van der Waals surface area contributed by atoms with Crippen molar-refractivity contribution in [1.82, 2.24) is 5.32 Å². The zero-order chi connectivity index (χ0) is 11.1. The first-order valence-electron chi connectivity index (χ1n) is 4.69. The van der Waals surface area contributed by atoms with Crippen LogP contribution in [0.1, 0.15) is 18.9 Å². The molecule has 0 bridgehead atoms. The molecule has 0 aromatic heterocycles. The minimum absolute atomic E-state index is 0.0703. The van der Waals surface area contributed by atoms with E-state index >= 15 is 0 Å². The summed E-state index contributed by atoms with van der Waals surface area (Å²) in [6, 6.07) is 9.60. The number of Topliss-reactive ketones (excluding diaryl/α,β-unsaturated/α-hetero) is 1. The van der Waals surface area contributed by atoms with E-state index in [1.165, 1.54) is 6.92 Å². The maximum Gasteiger partial charge on any atom is 0.231 e. The number of benzene rings is 1. The summed E-state index contributed by atoms with van der Waals surface area (Å²) in [5.74, 6) is -0.421. The van der Waals surface area contributed by atoms with Crippen LogP contribution in [-0.2, 0) is 9.59 Å². The number of nitrogens with one attached hydrogen (secondary N) is 1. The highest BCUT2D eigenvalue weighted by molar-refractivity contribution is 5.97. The fourth-order valence-electron chi connectivity index (χ4n) is 1.07. The molecule has 0 radical (unpaired) electrons. The summed E-state index contributed by atoms with van der Waals surface area (Å²) in [4.78, 5) is 21.7. The van der Waals surface area contributed by atoms with Gasteiger partial charge in [-0.05, 0) is 18.6 Å². The lowest BCUT2D eigenvalue weighted by atomic mass is 10.2. The average Bonchev–Trinajstić information content (AvgIpc) is 2.18. The summed E-state index contributed by atoms with van der Waals surface area (Å²) >= 11 is 0. The van der Waals surface area contributed by atoms with Crippen molar-refractivity contribution in [2.45, 2.75) is 13.3 Å². The Morgan fingerprint density at radius 1 is 1.27 bits per heavy atom. The monoisotopic (exact) mass is 203 g/mol. The van der Waals surface area contributed by atoms with E-state index in [2.05, 4.69) is 5.32 Å². The van der Waals surface area contributed by atoms with Crippen molar-refractivity contribution in [3.05, 3.63) is 42.1 Å². The van der Waals surface area contributed by atoms with Gasteiger partial charge < -0.3 is 5.32 Å². The quantitative estimate of drug-likeness (QED) is 0.758. The van der Waals surface area contributed by atoms with Gasteiger partial charge in [-0.15, -0.1) is 0 Å². The molecule has 0 aliphatic carbocycles. The molecule has 0 saturated heterocycles. The Hall–Kier alpha value is -1.90. The maximum atomic E-state index is 11.1. The second-order valence-electron chi connectivity index (χ2n) is 3.19. The van der Waals surface area contributed by atoms with Gasteiger partial charge in [0.2, 0.25) is 5.91 Å². The zero-order valence-corrected chi connectivity index (χ0v) is 8.57. The number of ketones is 1. The summed E-state index contributed by atoms with van der Waals surface area (Å²) in [5, 5.41) is 2.52. The molecule has 0 atom stereocenters. The Morgan fingerprint density at radius 2 is 1.93 bits per heavy atom. The number of carbonyl (C=O) groups is 2. The molecule has 1 N–H and O–H groups in total. The third-order valence-electron chi connectivity index (χ3n) is 1.73. The fraction of sp³-hybridized carbons (Fsp3) is 0.167. The van der Waals surface area contributed by atoms with Gasteiger partial charge in [0.15, 0.2) is 0 Å². The van der Waals surface area contributed by atoms with E-state index in [1.54, 1.807) is 12.3 Å². The molecule has 0 fully saturated rings. The minimum Gasteiger partial charge on any atom is -0.332 e. The summed E-state index contributed by atoms with van der Waals surface area (Å²) in [5.41, 5.74) is 1.00. The summed E-state index contributed by atoms with van der Waals surface area (Å²) in [7, 11) is 0. The molecule has 78 valence electrons. The lowest BCUT2D eigenvalue weighted by Crippen LogP contribution is -2.19. The molecule has 0 heterocycles. The highest BCUT2D eigenvalue weighted by Crippen LogP contribution is 1.99. The molecule has 1 amide bonds. The number of rotatable bonds is 4. The molecule has 15 heavy (non-hydrogen) atoms. The lowest BCUT2D eigenvalue weighted by Gasteiger charge is -1.96. The van der Waals surface area contributed by atoms with E-state index in [0.717, 1.165) is 5.56 Å². The Kier molecular flexibility index (Phi) is 4.29. The molecule has 0 aliphatic rings. The number of hydrogen-bond donors (Lipinski definition) is 1. The summed E-state index contributed by atoms with van der Waals surface area (Å²) in [6.45, 7) is 1.39. The van der Waals surface area contributed by atoms with Gasteiger partial charge in [0.05, 0.1) is 6.42 Å². The van der Waals surface area contributed by atoms with E-state index in [1.807, 2.05) is 30.3 Å². The van der Waals surface area contributed by atoms with Crippen molar-refractivity contribution in [1.29, 1.82) is 0 Å². The van der Waals surface area contributed by atoms with Crippen LogP contribution >= 0.6 is 0 Å². The molecular formula is C12H13NO2. The van der Waals surface area contributed by atoms with Crippen LogP contribution in [0.2, 0.25) is 0 Å². The van der Waals surface area contributed by atoms with Crippen molar-refractivity contribution in [2.24, 2.45) is 0 Å². The van der Waals surface area contributed by atoms with Gasteiger partial charge in [-0.25, -0.2) is 0 Å². The highest BCUT2D eigenvalue weighted by Gasteiger charge is 2.01. The van der Waals surface area contributed by atoms with Crippen LogP contribution < -0.4 is 5.32 Å². The molecule has 3 heteroatoms. The Morgan fingerprint density at radius 3 is 2.53 bits per heavy atom. The highest BCUT2D eigenvalue weighted by atomic mass is 16.2. The van der Waals surface area contributed by atoms with Crippen LogP contribution in [0.15, 0.2) is 36.5 Å². The van der Waals surface area contributed by atoms with E-state index in [4.69, 9.17) is 0 Å². The normalized spacial score (nSPS) is 10.2. The molecule has 1 aromatic rings. The predicted octanol–water partition coefficient (Wildman–Crippen LogP) is 1.75. The third kappa shape index (κ3) is 4.76. The minimum atomic E-state index is -0.283. The van der Waals surface area contributed by atoms with Gasteiger partial charge >= 0.3 is 0 Å². The van der Waals surface area contributed by atoms with Crippen LogP contribution in [-0.4, -0.2) is 11.7 Å². The van der Waals surface area contributed by atoms with E-state index in [-0.39, 0.29) is 18.1 Å². The van der Waals surface area contributed by atoms with Gasteiger partial charge in [0.1, 0.15) is 5.78 Å². The van der Waals surface area contributed by atoms with Crippen molar-refractivity contribution in [3.8, 4) is 0 Å². The molecule has 3 nitrogen and oxygen atoms in total. The van der Waals surface area contributed by atoms with Gasteiger partial charge in [-0.3, -0.25) is 9.59 Å². The Labute approximate surface area is 88.8 Å². The topological polar surface area (TPSA) is 46.2 Å². The SMILES string of the molecule is CC(=O)CC(=O)N/C=C/c1ccccc1. The van der Waals surface area contributed by atoms with Gasteiger partial charge in [-0.2, -0.15) is 0 Å². The first kappa shape index (κ1) is 11.2. The fourth-order valence-corrected chi connectivity index (χ4v) is 1.07. The van der Waals surface area contributed by atoms with Crippen LogP contribution in [0.3, 0.4) is 0 Å². The average molecular weight is 203 g/mol. The van der Waals surface area contributed by atoms with Crippen molar-refractivity contribution >= 4 is 17.8 Å². The van der Waals surface area contributed by atoms with Crippen LogP contribution in [0, 0.1) is 0 Å². The maximum absolute atomic E-state index is 11.1. The van der Waals surface area contributed by atoms with Crippen molar-refractivity contribution in [2.75, 3.05) is 0 Å². The molecule has 1 rings (SSSR count). The first-order valence-corrected chi connectivity index (χ1v) is 4.69. The largest absolute Gasteiger partial charge is 0.332 e. The molecule has 0 spiro atoms. The van der Waals surface area contributed by atoms with Gasteiger partial charge in [0, 0.05) is 6.20 Å². The Balaban J connectivity index is 2.40. The smallest absolute Gasteiger partial charge is 0.231 e. The molecule has 0 unspecified atom stereocenters. The van der Waals surface area contributed by atoms with E-state index in [0.29, 0.717) is 0 Å². The second-order valence-corrected chi connectivity index (χ2v) is 3.19. The lowest BCUT2D eigenvalue weighted by molar-refractivity contribution is -0.126. The van der Waals surface area contributed by atoms with Crippen molar-refractivity contribution in [3.63, 3.8) is 0 Å². The van der Waals surface area contributed by atoms with Gasteiger partial charge in [-0.1, -0.05) is 30.3 Å². The van der Waals surface area contributed by atoms with Crippen LogP contribution in [0.5, 0.6) is 0 Å². The molecule has 0 aliphatic heterocycles. The Bertz CT molecular complexity index is 368. The first-order chi connectivity index (χ1) is 7.18. The number of amides is 1. The molecule has 0 saturated carbocycles. The van der Waals surface area contributed by atoms with Gasteiger partial charge in [0.25, 0.3) is 0 Å². The van der Waals surface area contributed by atoms with E-state index in [9.17, 15) is 9.59 Å². The second kappa shape index (κ2) is 5.75. The van der Waals surface area contributed by atoms with Crippen LogP contribution in [0.25, 0.3) is 6.08 Å². The zero-order valence-electron chi connectivity index (χ0n) is 8.57. The third-order valence-corrected chi connectivity index (χ3v) is 1.73. The standard InChI is InChI=1S/C12H13NO2/c1-10(14)9-12(15)13-8-7-11-5-3-2-4-6-11/h2-8H,9H2,1H3,(H,13,15)/b8-7+. The predicted molar refractivity (Wildman–Crippen MR) is 58.9 cm³/mol.